The normalized spacial score (nSPS) is 12.6. The summed E-state index contributed by atoms with van der Waals surface area (Å²) in [6, 6.07) is 10.1. The molecule has 1 aliphatic carbocycles. The monoisotopic (exact) mass is 483 g/mol. The number of allylic oxidation sites excluding steroid dienone is 4. The number of nitrogens with zero attached hydrogens (tertiary/aromatic N) is 1. The van der Waals surface area contributed by atoms with E-state index in [-0.39, 0.29) is 64.1 Å². The van der Waals surface area contributed by atoms with Gasteiger partial charge in [0.15, 0.2) is 0 Å². The second-order valence-corrected chi connectivity index (χ2v) is 8.58. The fourth-order valence-electron chi connectivity index (χ4n) is 3.18. The quantitative estimate of drug-likeness (QED) is 0.344. The Labute approximate surface area is 247 Å². The van der Waals surface area contributed by atoms with Gasteiger partial charge in [-0.3, -0.25) is 0 Å². The number of hydrogen-bond donors (Lipinski definition) is 2. The van der Waals surface area contributed by atoms with Crippen LogP contribution in [-0.4, -0.2) is 33.5 Å². The Hall–Kier alpha value is -1.27. The Morgan fingerprint density at radius 1 is 1.24 bits per heavy atom. The first-order valence-electron chi connectivity index (χ1n) is 11.0. The number of aromatic nitrogens is 1. The minimum atomic E-state index is -0.890. The number of hydrogen-bond acceptors (Lipinski definition) is 4. The smallest absolute Gasteiger partial charge is 0.475 e. The predicted octanol–water partition coefficient (Wildman–Crippen LogP) is 2.70. The van der Waals surface area contributed by atoms with E-state index >= 15 is 0 Å². The van der Waals surface area contributed by atoms with E-state index in [2.05, 4.69) is 68.4 Å². The van der Waals surface area contributed by atoms with Gasteiger partial charge in [0.2, 0.25) is 5.88 Å². The molecule has 2 aromatic rings. The van der Waals surface area contributed by atoms with Gasteiger partial charge >= 0.3 is 51.4 Å². The zero-order valence-corrected chi connectivity index (χ0v) is 24.0. The van der Waals surface area contributed by atoms with Gasteiger partial charge in [0.25, 0.3) is 0 Å². The molecule has 0 spiro atoms. The molecule has 1 aliphatic rings. The average molecular weight is 484 g/mol. The van der Waals surface area contributed by atoms with Crippen molar-refractivity contribution in [3.63, 3.8) is 0 Å². The Bertz CT molecular complexity index is 1040. The van der Waals surface area contributed by atoms with E-state index in [4.69, 9.17) is 9.84 Å². The topological polar surface area (TPSA) is 62.6 Å². The molecule has 1 heterocycles. The van der Waals surface area contributed by atoms with E-state index in [0.29, 0.717) is 18.7 Å². The summed E-state index contributed by atoms with van der Waals surface area (Å²) in [5.41, 5.74) is 8.74. The Morgan fingerprint density at radius 2 is 1.94 bits per heavy atom. The molecule has 0 amide bonds. The first-order chi connectivity index (χ1) is 15.7. The molecule has 1 aromatic heterocycles. The van der Waals surface area contributed by atoms with E-state index in [0.717, 1.165) is 23.1 Å². The van der Waals surface area contributed by atoms with Gasteiger partial charge < -0.3 is 28.8 Å². The minimum absolute atomic E-state index is 0. The second kappa shape index (κ2) is 15.0. The van der Waals surface area contributed by atoms with Gasteiger partial charge in [-0.15, -0.1) is 24.3 Å². The Kier molecular flexibility index (Phi) is 13.5. The van der Waals surface area contributed by atoms with Crippen LogP contribution in [0.15, 0.2) is 61.0 Å². The third-order valence-corrected chi connectivity index (χ3v) is 4.98. The van der Waals surface area contributed by atoms with Crippen LogP contribution in [0.1, 0.15) is 55.4 Å². The predicted molar refractivity (Wildman–Crippen MR) is 135 cm³/mol. The molecular weight excluding hydrogens is 449 g/mol. The molecule has 1 aromatic carbocycles. The Balaban J connectivity index is 0.000000735. The number of rotatable bonds is 8. The van der Waals surface area contributed by atoms with Gasteiger partial charge in [0.1, 0.15) is 6.61 Å². The first kappa shape index (κ1) is 30.8. The van der Waals surface area contributed by atoms with E-state index in [9.17, 15) is 5.11 Å². The van der Waals surface area contributed by atoms with Crippen molar-refractivity contribution in [3.05, 3.63) is 103 Å². The van der Waals surface area contributed by atoms with Crippen LogP contribution >= 0.6 is 0 Å². The van der Waals surface area contributed by atoms with Gasteiger partial charge in [-0.25, -0.2) is 10.7 Å². The number of benzene rings is 1. The fraction of sp³-hybridized carbons (Fsp3) is 0.310. The summed E-state index contributed by atoms with van der Waals surface area (Å²) in [6.45, 7) is 16.2. The van der Waals surface area contributed by atoms with Gasteiger partial charge in [-0.2, -0.15) is 12.8 Å². The number of aliphatic hydroxyl groups excluding tert-OH is 1. The largest absolute Gasteiger partial charge is 1.00 e. The van der Waals surface area contributed by atoms with Gasteiger partial charge in [0.05, 0.1) is 5.60 Å². The average Bonchev–Trinajstić information content (AvgIpc) is 3.28. The molecule has 4 nitrogen and oxygen atoms in total. The van der Waals surface area contributed by atoms with Gasteiger partial charge in [-0.05, 0) is 61.6 Å². The number of aryl methyl sites for hydroxylation is 1. The number of aliphatic hydroxyl groups is 2. The summed E-state index contributed by atoms with van der Waals surface area (Å²) < 4.78 is 5.61. The van der Waals surface area contributed by atoms with Crippen LogP contribution < -0.4 is 56.1 Å². The first-order valence-corrected chi connectivity index (χ1v) is 11.0. The summed E-state index contributed by atoms with van der Waals surface area (Å²) in [4.78, 5) is 4.23. The van der Waals surface area contributed by atoms with Crippen molar-refractivity contribution in [2.75, 3.05) is 6.61 Å². The van der Waals surface area contributed by atoms with E-state index in [1.165, 1.54) is 16.7 Å². The van der Waals surface area contributed by atoms with Crippen LogP contribution in [0.5, 0.6) is 5.88 Å². The third-order valence-electron chi connectivity index (χ3n) is 4.98. The molecule has 0 saturated carbocycles. The number of pyridine rings is 1. The van der Waals surface area contributed by atoms with Crippen molar-refractivity contribution in [2.45, 2.75) is 51.7 Å². The molecule has 2 N–H and O–H groups in total. The Morgan fingerprint density at radius 3 is 2.50 bits per heavy atom. The molecule has 176 valence electrons. The van der Waals surface area contributed by atoms with Crippen molar-refractivity contribution in [1.29, 1.82) is 0 Å². The molecule has 0 saturated heterocycles. The summed E-state index contributed by atoms with van der Waals surface area (Å²) in [5, 5.41) is 18.4. The van der Waals surface area contributed by atoms with Crippen LogP contribution in [0.25, 0.3) is 11.1 Å². The molecule has 34 heavy (non-hydrogen) atoms. The fourth-order valence-corrected chi connectivity index (χ4v) is 3.18. The van der Waals surface area contributed by atoms with Gasteiger partial charge in [-0.1, -0.05) is 29.9 Å². The summed E-state index contributed by atoms with van der Waals surface area (Å²) in [5.74, 6) is 0.518. The molecule has 0 radical (unpaired) electrons. The second-order valence-electron chi connectivity index (χ2n) is 8.58. The minimum Gasteiger partial charge on any atom is -0.475 e. The SMILES string of the molecule is C=C=[C-]c1ccc(C2=CC(c3ccnc(OCC(C)(C)O)c3)=CC2)c(C)c1.[CH2-]CC(O)C[CH2-].[K+]. The van der Waals surface area contributed by atoms with Crippen LogP contribution in [0, 0.1) is 26.8 Å². The van der Waals surface area contributed by atoms with Crippen LogP contribution in [-0.2, 0) is 0 Å². The molecule has 0 fully saturated rings. The van der Waals surface area contributed by atoms with Crippen LogP contribution in [0.4, 0.5) is 0 Å². The van der Waals surface area contributed by atoms with Crippen molar-refractivity contribution in [2.24, 2.45) is 0 Å². The maximum Gasteiger partial charge on any atom is 1.00 e. The van der Waals surface area contributed by atoms with E-state index < -0.39 is 5.60 Å². The van der Waals surface area contributed by atoms with Crippen molar-refractivity contribution >= 4 is 11.1 Å². The molecule has 0 bridgehead atoms. The molecule has 0 aliphatic heterocycles. The molecule has 3 rings (SSSR count). The summed E-state index contributed by atoms with van der Waals surface area (Å²) in [6.07, 6.45) is 10.9. The maximum atomic E-state index is 9.81. The summed E-state index contributed by atoms with van der Waals surface area (Å²) >= 11 is 0. The zero-order valence-electron chi connectivity index (χ0n) is 20.9. The number of ether oxygens (including phenoxy) is 1. The van der Waals surface area contributed by atoms with Crippen molar-refractivity contribution in [3.8, 4) is 5.88 Å². The maximum absolute atomic E-state index is 9.81. The van der Waals surface area contributed by atoms with E-state index in [1.807, 2.05) is 18.2 Å². The third kappa shape index (κ3) is 10.1. The van der Waals surface area contributed by atoms with Crippen LogP contribution in [0.2, 0.25) is 0 Å². The standard InChI is InChI=1S/C24H24NO2.C5H10O.K/c1-5-6-18-7-10-22(17(2)13-18)21-9-8-19(14-21)20-11-12-25-23(15-20)27-16-24(3,4)26;1-3-5(6)4-2;/h7-8,10-15,26H,1,9,16H2,2-4H3;5-6H,1-4H2;/q-1;-2;+1. The van der Waals surface area contributed by atoms with Gasteiger partial charge in [0, 0.05) is 12.3 Å². The summed E-state index contributed by atoms with van der Waals surface area (Å²) in [7, 11) is 0. The van der Waals surface area contributed by atoms with Crippen molar-refractivity contribution < 1.29 is 66.3 Å². The van der Waals surface area contributed by atoms with Crippen molar-refractivity contribution in [1.82, 2.24) is 4.98 Å². The molecule has 0 unspecified atom stereocenters. The zero-order chi connectivity index (χ0) is 24.4. The molecule has 5 heteroatoms. The van der Waals surface area contributed by atoms with E-state index in [1.54, 1.807) is 20.0 Å². The van der Waals surface area contributed by atoms with Crippen LogP contribution in [0.3, 0.4) is 0 Å². The molecule has 0 atom stereocenters. The molecular formula is C29H34KNO3-2.